The standard InChI is InChI=1S/C15H15N2.BrH/c1-10-14-9-11(16)7-8-12(14)13-5-3-4-6-15(13)17(10)2;/h3-9H,16H2,1-2H3;1H/q+1;/p-1. The van der Waals surface area contributed by atoms with E-state index in [1.54, 1.807) is 0 Å². The summed E-state index contributed by atoms with van der Waals surface area (Å²) in [6, 6.07) is 14.6. The van der Waals surface area contributed by atoms with Crippen LogP contribution in [0.2, 0.25) is 0 Å². The summed E-state index contributed by atoms with van der Waals surface area (Å²) in [5.41, 5.74) is 9.19. The lowest BCUT2D eigenvalue weighted by atomic mass is 10.0. The number of benzene rings is 2. The number of rotatable bonds is 0. The minimum atomic E-state index is 0. The van der Waals surface area contributed by atoms with E-state index >= 15 is 0 Å². The van der Waals surface area contributed by atoms with E-state index in [0.29, 0.717) is 0 Å². The van der Waals surface area contributed by atoms with E-state index in [1.165, 1.54) is 27.4 Å². The predicted octanol–water partition coefficient (Wildman–Crippen LogP) is -0.288. The van der Waals surface area contributed by atoms with Crippen molar-refractivity contribution in [2.24, 2.45) is 7.05 Å². The van der Waals surface area contributed by atoms with Crippen molar-refractivity contribution >= 4 is 27.4 Å². The highest BCUT2D eigenvalue weighted by Crippen LogP contribution is 2.26. The molecule has 0 radical (unpaired) electrons. The number of hydrogen-bond donors (Lipinski definition) is 1. The first-order chi connectivity index (χ1) is 8.18. The van der Waals surface area contributed by atoms with Crippen LogP contribution in [0, 0.1) is 6.92 Å². The molecule has 0 aliphatic carbocycles. The molecule has 0 bridgehead atoms. The van der Waals surface area contributed by atoms with Crippen LogP contribution in [0.1, 0.15) is 5.69 Å². The molecule has 0 amide bonds. The van der Waals surface area contributed by atoms with Gasteiger partial charge in [0.2, 0.25) is 5.52 Å². The number of aromatic nitrogens is 1. The van der Waals surface area contributed by atoms with Gasteiger partial charge < -0.3 is 22.7 Å². The summed E-state index contributed by atoms with van der Waals surface area (Å²) >= 11 is 0. The first kappa shape index (κ1) is 12.8. The van der Waals surface area contributed by atoms with Crippen LogP contribution in [0.15, 0.2) is 42.5 Å². The maximum atomic E-state index is 5.88. The Morgan fingerprint density at radius 3 is 2.44 bits per heavy atom. The highest BCUT2D eigenvalue weighted by molar-refractivity contribution is 6.05. The molecule has 3 aromatic rings. The van der Waals surface area contributed by atoms with Crippen molar-refractivity contribution in [3.63, 3.8) is 0 Å². The van der Waals surface area contributed by atoms with Gasteiger partial charge in [-0.15, -0.1) is 0 Å². The molecule has 0 spiro atoms. The van der Waals surface area contributed by atoms with Gasteiger partial charge in [-0.25, -0.2) is 0 Å². The molecule has 0 unspecified atom stereocenters. The monoisotopic (exact) mass is 302 g/mol. The van der Waals surface area contributed by atoms with Gasteiger partial charge in [0, 0.05) is 24.1 Å². The van der Waals surface area contributed by atoms with Gasteiger partial charge >= 0.3 is 0 Å². The minimum absolute atomic E-state index is 0. The second kappa shape index (κ2) is 4.58. The van der Waals surface area contributed by atoms with Crippen LogP contribution in [0.4, 0.5) is 5.69 Å². The van der Waals surface area contributed by atoms with Crippen molar-refractivity contribution in [2.75, 3.05) is 5.73 Å². The molecule has 1 heterocycles. The Labute approximate surface area is 117 Å². The van der Waals surface area contributed by atoms with Crippen molar-refractivity contribution in [1.29, 1.82) is 0 Å². The smallest absolute Gasteiger partial charge is 0.213 e. The molecule has 0 atom stereocenters. The molecular formula is C15H15BrN2. The molecule has 3 rings (SSSR count). The van der Waals surface area contributed by atoms with E-state index in [1.807, 2.05) is 6.07 Å². The molecule has 0 aliphatic rings. The Morgan fingerprint density at radius 1 is 0.944 bits per heavy atom. The van der Waals surface area contributed by atoms with E-state index in [2.05, 4.69) is 54.9 Å². The zero-order valence-electron chi connectivity index (χ0n) is 10.4. The second-order valence-electron chi connectivity index (χ2n) is 4.47. The molecule has 1 aromatic heterocycles. The lowest BCUT2D eigenvalue weighted by molar-refractivity contribution is -0.649. The summed E-state index contributed by atoms with van der Waals surface area (Å²) in [5.74, 6) is 0. The summed E-state index contributed by atoms with van der Waals surface area (Å²) in [4.78, 5) is 0. The SMILES string of the molecule is Cc1c2cc(N)ccc2c2ccccc2[n+]1C.[Br-]. The zero-order valence-corrected chi connectivity index (χ0v) is 12.0. The number of nitrogens with zero attached hydrogens (tertiary/aromatic N) is 1. The van der Waals surface area contributed by atoms with Gasteiger partial charge in [-0.2, -0.15) is 4.57 Å². The average molecular weight is 303 g/mol. The molecule has 2 N–H and O–H groups in total. The number of halogens is 1. The molecule has 0 fully saturated rings. The number of aryl methyl sites for hydroxylation is 2. The van der Waals surface area contributed by atoms with Crippen molar-refractivity contribution in [1.82, 2.24) is 0 Å². The van der Waals surface area contributed by atoms with Gasteiger partial charge in [0.05, 0.1) is 10.8 Å². The zero-order chi connectivity index (χ0) is 12.0. The van der Waals surface area contributed by atoms with Gasteiger partial charge in [0.25, 0.3) is 0 Å². The molecule has 0 saturated carbocycles. The van der Waals surface area contributed by atoms with E-state index in [4.69, 9.17) is 5.73 Å². The lowest BCUT2D eigenvalue weighted by Gasteiger charge is -2.06. The van der Waals surface area contributed by atoms with Crippen LogP contribution in [0.25, 0.3) is 21.7 Å². The largest absolute Gasteiger partial charge is 1.00 e. The van der Waals surface area contributed by atoms with Crippen LogP contribution >= 0.6 is 0 Å². The van der Waals surface area contributed by atoms with E-state index in [0.717, 1.165) is 5.69 Å². The number of para-hydroxylation sites is 1. The quantitative estimate of drug-likeness (QED) is 0.345. The summed E-state index contributed by atoms with van der Waals surface area (Å²) in [7, 11) is 2.10. The van der Waals surface area contributed by atoms with Crippen molar-refractivity contribution in [3.8, 4) is 0 Å². The minimum Gasteiger partial charge on any atom is -1.00 e. The molecule has 0 aliphatic heterocycles. The van der Waals surface area contributed by atoms with Crippen LogP contribution in [0.3, 0.4) is 0 Å². The normalized spacial score (nSPS) is 10.6. The summed E-state index contributed by atoms with van der Waals surface area (Å²) < 4.78 is 2.22. The van der Waals surface area contributed by atoms with Crippen molar-refractivity contribution in [3.05, 3.63) is 48.2 Å². The number of nitrogen functional groups attached to an aromatic ring is 1. The Hall–Kier alpha value is -1.61. The maximum Gasteiger partial charge on any atom is 0.213 e. The van der Waals surface area contributed by atoms with Crippen LogP contribution in [0.5, 0.6) is 0 Å². The van der Waals surface area contributed by atoms with Crippen LogP contribution < -0.4 is 27.3 Å². The molecule has 2 aromatic carbocycles. The first-order valence-corrected chi connectivity index (χ1v) is 5.75. The third-order valence-corrected chi connectivity index (χ3v) is 3.49. The number of fused-ring (bicyclic) bond motifs is 3. The Bertz CT molecular complexity index is 735. The molecule has 92 valence electrons. The fourth-order valence-corrected chi connectivity index (χ4v) is 2.45. The second-order valence-corrected chi connectivity index (χ2v) is 4.47. The van der Waals surface area contributed by atoms with Gasteiger partial charge in [0.1, 0.15) is 7.05 Å². The topological polar surface area (TPSA) is 29.9 Å². The number of hydrogen-bond acceptors (Lipinski definition) is 1. The molecular weight excluding hydrogens is 288 g/mol. The molecule has 3 heteroatoms. The summed E-state index contributed by atoms with van der Waals surface area (Å²) in [6.45, 7) is 2.13. The Balaban J connectivity index is 0.00000120. The van der Waals surface area contributed by atoms with Gasteiger partial charge in [-0.1, -0.05) is 18.2 Å². The molecule has 18 heavy (non-hydrogen) atoms. The maximum absolute atomic E-state index is 5.88. The van der Waals surface area contributed by atoms with Gasteiger partial charge in [0.15, 0.2) is 5.69 Å². The fraction of sp³-hybridized carbons (Fsp3) is 0.133. The third-order valence-electron chi connectivity index (χ3n) is 3.49. The Kier molecular flexibility index (Phi) is 3.26. The number of anilines is 1. The number of pyridine rings is 1. The van der Waals surface area contributed by atoms with E-state index in [-0.39, 0.29) is 17.0 Å². The fourth-order valence-electron chi connectivity index (χ4n) is 2.45. The van der Waals surface area contributed by atoms with Crippen LogP contribution in [-0.2, 0) is 7.05 Å². The van der Waals surface area contributed by atoms with Crippen molar-refractivity contribution < 1.29 is 21.5 Å². The summed E-state index contributed by atoms with van der Waals surface area (Å²) in [6.07, 6.45) is 0. The average Bonchev–Trinajstić information content (AvgIpc) is 2.36. The number of nitrogens with two attached hydrogens (primary N) is 1. The lowest BCUT2D eigenvalue weighted by Crippen LogP contribution is -3.00. The van der Waals surface area contributed by atoms with Crippen LogP contribution in [-0.4, -0.2) is 0 Å². The first-order valence-electron chi connectivity index (χ1n) is 5.75. The molecule has 2 nitrogen and oxygen atoms in total. The Morgan fingerprint density at radius 2 is 1.67 bits per heavy atom. The summed E-state index contributed by atoms with van der Waals surface area (Å²) in [5, 5.41) is 3.77. The predicted molar refractivity (Wildman–Crippen MR) is 71.8 cm³/mol. The highest BCUT2D eigenvalue weighted by atomic mass is 79.9. The highest BCUT2D eigenvalue weighted by Gasteiger charge is 2.14. The van der Waals surface area contributed by atoms with E-state index in [9.17, 15) is 0 Å². The third kappa shape index (κ3) is 1.75. The van der Waals surface area contributed by atoms with Gasteiger partial charge in [-0.05, 0) is 18.2 Å². The van der Waals surface area contributed by atoms with Crippen molar-refractivity contribution in [2.45, 2.75) is 6.92 Å². The van der Waals surface area contributed by atoms with Gasteiger partial charge in [-0.3, -0.25) is 0 Å². The molecule has 0 saturated heterocycles. The van der Waals surface area contributed by atoms with E-state index < -0.39 is 0 Å².